The summed E-state index contributed by atoms with van der Waals surface area (Å²) >= 11 is 0. The molecule has 0 unspecified atom stereocenters. The Bertz CT molecular complexity index is 1210. The van der Waals surface area contributed by atoms with Crippen molar-refractivity contribution in [1.82, 2.24) is 4.90 Å². The highest BCUT2D eigenvalue weighted by molar-refractivity contribution is 6.04. The second-order valence-corrected chi connectivity index (χ2v) is 8.62. The molecule has 3 aromatic carbocycles. The quantitative estimate of drug-likeness (QED) is 0.599. The van der Waals surface area contributed by atoms with Crippen LogP contribution in [-0.4, -0.2) is 22.8 Å². The van der Waals surface area contributed by atoms with Crippen molar-refractivity contribution < 1.29 is 18.7 Å². The van der Waals surface area contributed by atoms with Gasteiger partial charge in [0.05, 0.1) is 12.6 Å². The van der Waals surface area contributed by atoms with Gasteiger partial charge in [0.1, 0.15) is 11.6 Å². The number of ether oxygens (including phenoxy) is 1. The summed E-state index contributed by atoms with van der Waals surface area (Å²) in [6.45, 7) is 2.18. The number of hydrogen-bond acceptors (Lipinski definition) is 3. The molecule has 5 rings (SSSR count). The van der Waals surface area contributed by atoms with Crippen LogP contribution in [0.2, 0.25) is 0 Å². The molecular formula is C27H25FN2O3. The highest BCUT2D eigenvalue weighted by Crippen LogP contribution is 2.38. The van der Waals surface area contributed by atoms with Gasteiger partial charge in [-0.1, -0.05) is 24.3 Å². The summed E-state index contributed by atoms with van der Waals surface area (Å²) in [6.07, 6.45) is 2.37. The number of hydrogen-bond donors (Lipinski definition) is 1. The van der Waals surface area contributed by atoms with Gasteiger partial charge in [0.15, 0.2) is 6.10 Å². The van der Waals surface area contributed by atoms with Crippen LogP contribution in [0.25, 0.3) is 0 Å². The van der Waals surface area contributed by atoms with E-state index in [0.29, 0.717) is 23.5 Å². The molecule has 0 saturated carbocycles. The molecule has 2 amide bonds. The molecular weight excluding hydrogens is 419 g/mol. The van der Waals surface area contributed by atoms with Crippen LogP contribution in [0, 0.1) is 5.82 Å². The van der Waals surface area contributed by atoms with E-state index in [1.54, 1.807) is 19.1 Å². The SMILES string of the molecule is C[C@@H]1Oc2ccc(NC(=O)c3ccc(F)cc3)cc2CN([C@H]2CCCc3ccccc32)C1=O. The molecule has 1 N–H and O–H groups in total. The van der Waals surface area contributed by atoms with Crippen molar-refractivity contribution >= 4 is 17.5 Å². The first-order valence-corrected chi connectivity index (χ1v) is 11.2. The van der Waals surface area contributed by atoms with Crippen LogP contribution >= 0.6 is 0 Å². The third kappa shape index (κ3) is 4.21. The summed E-state index contributed by atoms with van der Waals surface area (Å²) in [5, 5.41) is 2.86. The second-order valence-electron chi connectivity index (χ2n) is 8.62. The minimum absolute atomic E-state index is 0.00286. The lowest BCUT2D eigenvalue weighted by Gasteiger charge is -2.35. The molecule has 1 heterocycles. The molecule has 0 radical (unpaired) electrons. The third-order valence-corrected chi connectivity index (χ3v) is 6.41. The fourth-order valence-corrected chi connectivity index (χ4v) is 4.75. The number of carbonyl (C=O) groups excluding carboxylic acids is 2. The summed E-state index contributed by atoms with van der Waals surface area (Å²) in [5.74, 6) is -0.115. The number of nitrogens with zero attached hydrogens (tertiary/aromatic N) is 1. The van der Waals surface area contributed by atoms with E-state index in [4.69, 9.17) is 4.74 Å². The Morgan fingerprint density at radius 2 is 1.85 bits per heavy atom. The molecule has 5 nitrogen and oxygen atoms in total. The molecule has 0 aromatic heterocycles. The fraction of sp³-hybridized carbons (Fsp3) is 0.259. The molecule has 1 aliphatic heterocycles. The van der Waals surface area contributed by atoms with Crippen molar-refractivity contribution in [3.05, 3.63) is 94.8 Å². The Morgan fingerprint density at radius 1 is 1.06 bits per heavy atom. The maximum atomic E-state index is 13.3. The minimum atomic E-state index is -0.597. The van der Waals surface area contributed by atoms with Gasteiger partial charge in [0.2, 0.25) is 0 Å². The van der Waals surface area contributed by atoms with Gasteiger partial charge in [-0.05, 0) is 79.8 Å². The lowest BCUT2D eigenvalue weighted by Crippen LogP contribution is -2.41. The zero-order chi connectivity index (χ0) is 22.9. The monoisotopic (exact) mass is 444 g/mol. The van der Waals surface area contributed by atoms with Gasteiger partial charge >= 0.3 is 0 Å². The molecule has 2 atom stereocenters. The predicted molar refractivity (Wildman–Crippen MR) is 124 cm³/mol. The number of aryl methyl sites for hydroxylation is 1. The zero-order valence-corrected chi connectivity index (χ0v) is 18.4. The van der Waals surface area contributed by atoms with E-state index in [-0.39, 0.29) is 17.9 Å². The highest BCUT2D eigenvalue weighted by atomic mass is 19.1. The van der Waals surface area contributed by atoms with Crippen LogP contribution in [0.5, 0.6) is 5.75 Å². The zero-order valence-electron chi connectivity index (χ0n) is 18.4. The van der Waals surface area contributed by atoms with Crippen molar-refractivity contribution in [3.63, 3.8) is 0 Å². The largest absolute Gasteiger partial charge is 0.481 e. The number of rotatable bonds is 3. The molecule has 0 saturated heterocycles. The number of fused-ring (bicyclic) bond motifs is 2. The lowest BCUT2D eigenvalue weighted by molar-refractivity contribution is -0.140. The number of amides is 2. The first-order chi connectivity index (χ1) is 16.0. The Hall–Kier alpha value is -3.67. The Morgan fingerprint density at radius 3 is 2.67 bits per heavy atom. The second kappa shape index (κ2) is 8.70. The summed E-state index contributed by atoms with van der Waals surface area (Å²) in [5.41, 5.74) is 4.30. The number of halogens is 1. The van der Waals surface area contributed by atoms with Crippen molar-refractivity contribution in [2.45, 2.75) is 44.9 Å². The van der Waals surface area contributed by atoms with E-state index in [1.165, 1.54) is 35.4 Å². The van der Waals surface area contributed by atoms with E-state index in [1.807, 2.05) is 23.1 Å². The van der Waals surface area contributed by atoms with Gasteiger partial charge in [-0.25, -0.2) is 4.39 Å². The Kier molecular flexibility index (Phi) is 5.58. The predicted octanol–water partition coefficient (Wildman–Crippen LogP) is 5.27. The Labute approximate surface area is 192 Å². The molecule has 6 heteroatoms. The molecule has 0 bridgehead atoms. The standard InChI is InChI=1S/C27H25FN2O3/c1-17-27(32)30(24-8-4-6-18-5-2-3-7-23(18)24)16-20-15-22(13-14-25(20)33-17)29-26(31)19-9-11-21(28)12-10-19/h2-3,5,7,9-15,17,24H,4,6,8,16H2,1H3,(H,29,31)/t17-,24-/m0/s1. The highest BCUT2D eigenvalue weighted by Gasteiger charge is 2.35. The summed E-state index contributed by atoms with van der Waals surface area (Å²) < 4.78 is 19.2. The van der Waals surface area contributed by atoms with Crippen LogP contribution < -0.4 is 10.1 Å². The minimum Gasteiger partial charge on any atom is -0.481 e. The first kappa shape index (κ1) is 21.2. The van der Waals surface area contributed by atoms with Crippen LogP contribution in [0.4, 0.5) is 10.1 Å². The lowest BCUT2D eigenvalue weighted by atomic mass is 9.86. The van der Waals surface area contributed by atoms with E-state index in [9.17, 15) is 14.0 Å². The van der Waals surface area contributed by atoms with Gasteiger partial charge < -0.3 is 15.0 Å². The van der Waals surface area contributed by atoms with E-state index in [2.05, 4.69) is 17.4 Å². The van der Waals surface area contributed by atoms with Gasteiger partial charge in [-0.2, -0.15) is 0 Å². The van der Waals surface area contributed by atoms with Gasteiger partial charge in [0, 0.05) is 16.8 Å². The summed E-state index contributed by atoms with van der Waals surface area (Å²) in [7, 11) is 0. The van der Waals surface area contributed by atoms with Gasteiger partial charge in [-0.15, -0.1) is 0 Å². The molecule has 2 aliphatic rings. The third-order valence-electron chi connectivity index (χ3n) is 6.41. The normalized spacial score (nSPS) is 19.7. The number of nitrogens with one attached hydrogen (secondary N) is 1. The van der Waals surface area contributed by atoms with Crippen molar-refractivity contribution in [1.29, 1.82) is 0 Å². The maximum Gasteiger partial charge on any atom is 0.264 e. The Balaban J connectivity index is 1.44. The average Bonchev–Trinajstić information content (AvgIpc) is 2.95. The van der Waals surface area contributed by atoms with Crippen LogP contribution in [0.3, 0.4) is 0 Å². The van der Waals surface area contributed by atoms with Gasteiger partial charge in [-0.3, -0.25) is 9.59 Å². The fourth-order valence-electron chi connectivity index (χ4n) is 4.75. The van der Waals surface area contributed by atoms with Crippen molar-refractivity contribution in [3.8, 4) is 5.75 Å². The first-order valence-electron chi connectivity index (χ1n) is 11.2. The van der Waals surface area contributed by atoms with Gasteiger partial charge in [0.25, 0.3) is 11.8 Å². The van der Waals surface area contributed by atoms with Crippen molar-refractivity contribution in [2.75, 3.05) is 5.32 Å². The topological polar surface area (TPSA) is 58.6 Å². The molecule has 0 fully saturated rings. The smallest absolute Gasteiger partial charge is 0.264 e. The summed E-state index contributed by atoms with van der Waals surface area (Å²) in [4.78, 5) is 27.8. The number of benzene rings is 3. The summed E-state index contributed by atoms with van der Waals surface area (Å²) in [6, 6.07) is 19.1. The van der Waals surface area contributed by atoms with Crippen LogP contribution in [0.15, 0.2) is 66.7 Å². The molecule has 33 heavy (non-hydrogen) atoms. The average molecular weight is 445 g/mol. The number of carbonyl (C=O) groups is 2. The number of anilines is 1. The molecule has 0 spiro atoms. The van der Waals surface area contributed by atoms with Crippen LogP contribution in [0.1, 0.15) is 52.9 Å². The van der Waals surface area contributed by atoms with E-state index >= 15 is 0 Å². The molecule has 3 aromatic rings. The van der Waals surface area contributed by atoms with E-state index < -0.39 is 11.9 Å². The van der Waals surface area contributed by atoms with Crippen molar-refractivity contribution in [2.24, 2.45) is 0 Å². The molecule has 168 valence electrons. The van der Waals surface area contributed by atoms with E-state index in [0.717, 1.165) is 24.8 Å². The van der Waals surface area contributed by atoms with Crippen LogP contribution in [-0.2, 0) is 17.8 Å². The maximum absolute atomic E-state index is 13.3. The molecule has 1 aliphatic carbocycles.